The van der Waals surface area contributed by atoms with Crippen LogP contribution < -0.4 is 19.1 Å². The van der Waals surface area contributed by atoms with Gasteiger partial charge in [-0.1, -0.05) is 42.8 Å². The number of nitrogens with zero attached hydrogens (tertiary/aromatic N) is 2. The highest BCUT2D eigenvalue weighted by molar-refractivity contribution is 7.92. The van der Waals surface area contributed by atoms with E-state index < -0.39 is 28.5 Å². The molecule has 0 radical (unpaired) electrons. The van der Waals surface area contributed by atoms with Crippen LogP contribution >= 0.6 is 0 Å². The highest BCUT2D eigenvalue weighted by Gasteiger charge is 2.35. The van der Waals surface area contributed by atoms with Crippen LogP contribution in [0.3, 0.4) is 0 Å². The van der Waals surface area contributed by atoms with Crippen molar-refractivity contribution in [2.45, 2.75) is 64.6 Å². The molecule has 2 amide bonds. The first-order chi connectivity index (χ1) is 19.9. The van der Waals surface area contributed by atoms with Gasteiger partial charge in [-0.15, -0.1) is 0 Å². The summed E-state index contributed by atoms with van der Waals surface area (Å²) in [7, 11) is -1.22. The quantitative estimate of drug-likeness (QED) is 0.303. The van der Waals surface area contributed by atoms with Crippen LogP contribution in [0.4, 0.5) is 5.69 Å². The minimum Gasteiger partial charge on any atom is -0.497 e. The Hall–Kier alpha value is -4.05. The van der Waals surface area contributed by atoms with Crippen molar-refractivity contribution in [3.8, 4) is 11.5 Å². The van der Waals surface area contributed by atoms with E-state index >= 15 is 0 Å². The topological polar surface area (TPSA) is 105 Å². The van der Waals surface area contributed by atoms with E-state index in [1.165, 1.54) is 24.1 Å². The standard InChI is InChI=1S/C32H41N3O6S/c1-8-28(32(37)33-22(2)3)34(20-25-10-9-11-26(19-25)40-6)31(36)21-35(29-18-24(5)14-17-30(29)41-7)42(38,39)27-15-12-23(4)13-16-27/h9-19,22,28H,8,20-21H2,1-7H3,(H,33,37)/t28-/m1/s1. The summed E-state index contributed by atoms with van der Waals surface area (Å²) in [6.07, 6.45) is 0.326. The Morgan fingerprint density at radius 2 is 1.57 bits per heavy atom. The second-order valence-electron chi connectivity index (χ2n) is 10.5. The lowest BCUT2D eigenvalue weighted by Gasteiger charge is -2.34. The maximum absolute atomic E-state index is 14.3. The lowest BCUT2D eigenvalue weighted by molar-refractivity contribution is -0.140. The van der Waals surface area contributed by atoms with Crippen LogP contribution in [0.25, 0.3) is 0 Å². The van der Waals surface area contributed by atoms with E-state index in [4.69, 9.17) is 9.47 Å². The zero-order chi connectivity index (χ0) is 31.0. The van der Waals surface area contributed by atoms with Crippen LogP contribution in [0.1, 0.15) is 43.9 Å². The molecule has 0 aliphatic carbocycles. The summed E-state index contributed by atoms with van der Waals surface area (Å²) in [6.45, 7) is 8.73. The lowest BCUT2D eigenvalue weighted by Crippen LogP contribution is -2.53. The number of benzene rings is 3. The van der Waals surface area contributed by atoms with Crippen molar-refractivity contribution in [2.75, 3.05) is 25.1 Å². The third-order valence-electron chi connectivity index (χ3n) is 6.79. The SMILES string of the molecule is CC[C@H](C(=O)NC(C)C)N(Cc1cccc(OC)c1)C(=O)CN(c1cc(C)ccc1OC)S(=O)(=O)c1ccc(C)cc1. The maximum atomic E-state index is 14.3. The predicted molar refractivity (Wildman–Crippen MR) is 164 cm³/mol. The van der Waals surface area contributed by atoms with Gasteiger partial charge in [0.05, 0.1) is 24.8 Å². The summed E-state index contributed by atoms with van der Waals surface area (Å²) >= 11 is 0. The fraction of sp³-hybridized carbons (Fsp3) is 0.375. The van der Waals surface area contributed by atoms with Gasteiger partial charge in [0.15, 0.2) is 0 Å². The number of ether oxygens (including phenoxy) is 2. The van der Waals surface area contributed by atoms with Crippen molar-refractivity contribution in [3.63, 3.8) is 0 Å². The molecule has 226 valence electrons. The minimum absolute atomic E-state index is 0.0356. The molecule has 3 aromatic carbocycles. The van der Waals surface area contributed by atoms with Gasteiger partial charge in [0, 0.05) is 12.6 Å². The van der Waals surface area contributed by atoms with E-state index in [1.807, 2.05) is 40.7 Å². The van der Waals surface area contributed by atoms with Crippen LogP contribution in [0.5, 0.6) is 11.5 Å². The van der Waals surface area contributed by atoms with Gasteiger partial charge in [0.1, 0.15) is 24.1 Å². The molecule has 9 nitrogen and oxygen atoms in total. The molecule has 0 unspecified atom stereocenters. The number of carbonyl (C=O) groups is 2. The van der Waals surface area contributed by atoms with Crippen molar-refractivity contribution in [2.24, 2.45) is 0 Å². The molecule has 0 fully saturated rings. The van der Waals surface area contributed by atoms with Gasteiger partial charge in [-0.2, -0.15) is 0 Å². The Morgan fingerprint density at radius 1 is 0.905 bits per heavy atom. The molecule has 0 spiro atoms. The molecule has 10 heteroatoms. The molecule has 0 aliphatic heterocycles. The molecule has 3 aromatic rings. The van der Waals surface area contributed by atoms with Crippen LogP contribution in [-0.2, 0) is 26.2 Å². The van der Waals surface area contributed by atoms with Crippen LogP contribution in [0.2, 0.25) is 0 Å². The monoisotopic (exact) mass is 595 g/mol. The van der Waals surface area contributed by atoms with Crippen molar-refractivity contribution in [3.05, 3.63) is 83.4 Å². The van der Waals surface area contributed by atoms with Gasteiger partial charge < -0.3 is 19.7 Å². The Kier molecular flexibility index (Phi) is 11.0. The Balaban J connectivity index is 2.14. The summed E-state index contributed by atoms with van der Waals surface area (Å²) in [6, 6.07) is 17.8. The van der Waals surface area contributed by atoms with Gasteiger partial charge in [-0.25, -0.2) is 8.42 Å². The Morgan fingerprint density at radius 3 is 2.17 bits per heavy atom. The number of methoxy groups -OCH3 is 2. The fourth-order valence-corrected chi connectivity index (χ4v) is 6.03. The first kappa shape index (κ1) is 32.5. The van der Waals surface area contributed by atoms with Crippen molar-refractivity contribution in [1.29, 1.82) is 0 Å². The molecule has 42 heavy (non-hydrogen) atoms. The number of aryl methyl sites for hydroxylation is 2. The molecular weight excluding hydrogens is 554 g/mol. The number of rotatable bonds is 13. The predicted octanol–water partition coefficient (Wildman–Crippen LogP) is 4.85. The molecule has 0 aliphatic rings. The van der Waals surface area contributed by atoms with E-state index in [0.717, 1.165) is 21.0 Å². The summed E-state index contributed by atoms with van der Waals surface area (Å²) < 4.78 is 40.3. The van der Waals surface area contributed by atoms with Crippen molar-refractivity contribution < 1.29 is 27.5 Å². The summed E-state index contributed by atoms with van der Waals surface area (Å²) in [5, 5.41) is 2.90. The summed E-state index contributed by atoms with van der Waals surface area (Å²) in [4.78, 5) is 29.0. The minimum atomic E-state index is -4.22. The summed E-state index contributed by atoms with van der Waals surface area (Å²) in [5.41, 5.74) is 2.65. The average molecular weight is 596 g/mol. The zero-order valence-corrected chi connectivity index (χ0v) is 26.2. The number of anilines is 1. The van der Waals surface area contributed by atoms with E-state index in [2.05, 4.69) is 5.32 Å². The highest BCUT2D eigenvalue weighted by atomic mass is 32.2. The first-order valence-electron chi connectivity index (χ1n) is 13.9. The third-order valence-corrected chi connectivity index (χ3v) is 8.57. The lowest BCUT2D eigenvalue weighted by atomic mass is 10.1. The van der Waals surface area contributed by atoms with Crippen LogP contribution in [-0.4, -0.2) is 58.0 Å². The molecule has 3 rings (SSSR count). The molecule has 0 aromatic heterocycles. The number of nitrogens with one attached hydrogen (secondary N) is 1. The average Bonchev–Trinajstić information content (AvgIpc) is 2.95. The van der Waals surface area contributed by atoms with Gasteiger partial charge in [0.2, 0.25) is 11.8 Å². The van der Waals surface area contributed by atoms with Crippen molar-refractivity contribution >= 4 is 27.5 Å². The van der Waals surface area contributed by atoms with Gasteiger partial charge >= 0.3 is 0 Å². The molecule has 0 saturated heterocycles. The van der Waals surface area contributed by atoms with E-state index in [9.17, 15) is 18.0 Å². The van der Waals surface area contributed by atoms with Gasteiger partial charge in [0.25, 0.3) is 10.0 Å². The first-order valence-corrected chi connectivity index (χ1v) is 15.3. The second-order valence-corrected chi connectivity index (χ2v) is 12.3. The molecule has 1 atom stereocenters. The van der Waals surface area contributed by atoms with Crippen LogP contribution in [0, 0.1) is 13.8 Å². The molecule has 0 saturated carbocycles. The number of hydrogen-bond donors (Lipinski definition) is 1. The van der Waals surface area contributed by atoms with Gasteiger partial charge in [-0.05, 0) is 81.6 Å². The van der Waals surface area contributed by atoms with Crippen LogP contribution in [0.15, 0.2) is 71.6 Å². The molecule has 0 bridgehead atoms. The Bertz CT molecular complexity index is 1490. The number of amides is 2. The smallest absolute Gasteiger partial charge is 0.264 e. The van der Waals surface area contributed by atoms with E-state index in [1.54, 1.807) is 55.6 Å². The number of sulfonamides is 1. The van der Waals surface area contributed by atoms with Crippen molar-refractivity contribution in [1.82, 2.24) is 10.2 Å². The van der Waals surface area contributed by atoms with E-state index in [-0.39, 0.29) is 29.1 Å². The van der Waals surface area contributed by atoms with E-state index in [0.29, 0.717) is 17.9 Å². The normalized spacial score (nSPS) is 12.0. The summed E-state index contributed by atoms with van der Waals surface area (Å²) in [5.74, 6) is 0.0494. The number of hydrogen-bond acceptors (Lipinski definition) is 6. The second kappa shape index (κ2) is 14.2. The largest absolute Gasteiger partial charge is 0.497 e. The molecule has 1 N–H and O–H groups in total. The number of carbonyl (C=O) groups excluding carboxylic acids is 2. The Labute approximate surface area is 249 Å². The highest BCUT2D eigenvalue weighted by Crippen LogP contribution is 2.34. The van der Waals surface area contributed by atoms with Gasteiger partial charge in [-0.3, -0.25) is 13.9 Å². The molecular formula is C32H41N3O6S. The maximum Gasteiger partial charge on any atom is 0.264 e. The fourth-order valence-electron chi connectivity index (χ4n) is 4.61. The zero-order valence-electron chi connectivity index (χ0n) is 25.4. The molecule has 0 heterocycles. The third kappa shape index (κ3) is 7.82.